The van der Waals surface area contributed by atoms with Crippen molar-refractivity contribution in [2.24, 2.45) is 11.8 Å². The van der Waals surface area contributed by atoms with Crippen molar-refractivity contribution < 1.29 is 4.79 Å². The highest BCUT2D eigenvalue weighted by Crippen LogP contribution is 2.26. The fraction of sp³-hybridized carbons (Fsp3) is 0.533. The summed E-state index contributed by atoms with van der Waals surface area (Å²) in [4.78, 5) is 14.4. The minimum atomic E-state index is 0.0864. The Labute approximate surface area is 128 Å². The molecule has 1 amide bonds. The van der Waals surface area contributed by atoms with Gasteiger partial charge >= 0.3 is 0 Å². The van der Waals surface area contributed by atoms with Gasteiger partial charge in [-0.25, -0.2) is 0 Å². The summed E-state index contributed by atoms with van der Waals surface area (Å²) in [6, 6.07) is 5.91. The number of carbonyl (C=O) groups is 1. The molecule has 2 unspecified atom stereocenters. The van der Waals surface area contributed by atoms with Gasteiger partial charge in [0.1, 0.15) is 0 Å². The lowest BCUT2D eigenvalue weighted by molar-refractivity contribution is -0.117. The molecule has 3 rings (SSSR count). The number of carbonyl (C=O) groups excluding carboxylic acids is 1. The first-order valence-corrected chi connectivity index (χ1v) is 7.90. The summed E-state index contributed by atoms with van der Waals surface area (Å²) in [5, 5.41) is 6.43. The highest BCUT2D eigenvalue weighted by Gasteiger charge is 2.36. The second-order valence-corrected chi connectivity index (χ2v) is 6.80. The van der Waals surface area contributed by atoms with Gasteiger partial charge in [0.15, 0.2) is 0 Å². The number of anilines is 1. The number of amides is 1. The van der Waals surface area contributed by atoms with Gasteiger partial charge in [-0.2, -0.15) is 0 Å². The molecular weight excluding hydrogens is 318 g/mol. The molecule has 0 radical (unpaired) electrons. The summed E-state index contributed by atoms with van der Waals surface area (Å²) < 4.78 is 1.04. The maximum absolute atomic E-state index is 12.1. The van der Waals surface area contributed by atoms with Crippen LogP contribution in [0.4, 0.5) is 5.69 Å². The summed E-state index contributed by atoms with van der Waals surface area (Å²) in [6.07, 6.45) is 0. The molecule has 2 saturated heterocycles. The van der Waals surface area contributed by atoms with Crippen molar-refractivity contribution in [1.29, 1.82) is 0 Å². The Hall–Kier alpha value is -0.910. The summed E-state index contributed by atoms with van der Waals surface area (Å²) in [6.45, 7) is 6.81. The molecule has 2 N–H and O–H groups in total. The molecule has 0 spiro atoms. The first-order chi connectivity index (χ1) is 9.61. The van der Waals surface area contributed by atoms with Crippen LogP contribution in [-0.4, -0.2) is 43.5 Å². The van der Waals surface area contributed by atoms with Crippen LogP contribution in [0.3, 0.4) is 0 Å². The van der Waals surface area contributed by atoms with Crippen LogP contribution in [0.2, 0.25) is 0 Å². The van der Waals surface area contributed by atoms with Crippen molar-refractivity contribution in [2.45, 2.75) is 6.92 Å². The molecule has 5 heteroatoms. The van der Waals surface area contributed by atoms with Crippen LogP contribution < -0.4 is 10.6 Å². The van der Waals surface area contributed by atoms with Crippen molar-refractivity contribution in [2.75, 3.05) is 38.0 Å². The molecular formula is C15H20BrN3O. The van der Waals surface area contributed by atoms with Crippen LogP contribution in [0.1, 0.15) is 5.56 Å². The van der Waals surface area contributed by atoms with Crippen LogP contribution in [0.25, 0.3) is 0 Å². The molecule has 20 heavy (non-hydrogen) atoms. The third-order valence-electron chi connectivity index (χ3n) is 4.29. The predicted molar refractivity (Wildman–Crippen MR) is 83.8 cm³/mol. The number of hydrogen-bond donors (Lipinski definition) is 2. The van der Waals surface area contributed by atoms with Crippen molar-refractivity contribution in [3.05, 3.63) is 28.2 Å². The molecule has 1 aromatic rings. The Kier molecular flexibility index (Phi) is 4.10. The van der Waals surface area contributed by atoms with E-state index in [-0.39, 0.29) is 5.91 Å². The lowest BCUT2D eigenvalue weighted by Gasteiger charge is -2.17. The number of halogens is 1. The van der Waals surface area contributed by atoms with Crippen LogP contribution >= 0.6 is 15.9 Å². The molecule has 2 heterocycles. The molecule has 4 nitrogen and oxygen atoms in total. The number of nitrogens with one attached hydrogen (secondary N) is 2. The highest BCUT2D eigenvalue weighted by atomic mass is 79.9. The van der Waals surface area contributed by atoms with E-state index in [1.54, 1.807) is 0 Å². The first kappa shape index (κ1) is 14.0. The number of aryl methyl sites for hydroxylation is 1. The van der Waals surface area contributed by atoms with E-state index >= 15 is 0 Å². The number of nitrogens with zero attached hydrogens (tertiary/aromatic N) is 1. The third-order valence-corrected chi connectivity index (χ3v) is 4.79. The van der Waals surface area contributed by atoms with Gasteiger partial charge in [0.2, 0.25) is 5.91 Å². The van der Waals surface area contributed by atoms with E-state index in [9.17, 15) is 4.79 Å². The quantitative estimate of drug-likeness (QED) is 0.884. The standard InChI is InChI=1S/C15H20BrN3O/c1-10-4-13(16)2-3-14(10)18-15(20)9-19-7-11-5-17-6-12(11)8-19/h2-4,11-12,17H,5-9H2,1H3,(H,18,20). The molecule has 1 aromatic carbocycles. The molecule has 2 aliphatic heterocycles. The van der Waals surface area contributed by atoms with E-state index in [0.29, 0.717) is 6.54 Å². The Bertz CT molecular complexity index is 508. The lowest BCUT2D eigenvalue weighted by atomic mass is 10.0. The average Bonchev–Trinajstić information content (AvgIpc) is 2.93. The van der Waals surface area contributed by atoms with E-state index in [4.69, 9.17) is 0 Å². The molecule has 2 fully saturated rings. The second-order valence-electron chi connectivity index (χ2n) is 5.88. The monoisotopic (exact) mass is 337 g/mol. The van der Waals surface area contributed by atoms with Crippen LogP contribution in [-0.2, 0) is 4.79 Å². The molecule has 0 aliphatic carbocycles. The van der Waals surface area contributed by atoms with Gasteiger partial charge in [-0.1, -0.05) is 15.9 Å². The molecule has 0 aromatic heterocycles. The summed E-state index contributed by atoms with van der Waals surface area (Å²) in [5.74, 6) is 1.55. The zero-order valence-electron chi connectivity index (χ0n) is 11.7. The number of likely N-dealkylation sites (tertiary alicyclic amines) is 1. The van der Waals surface area contributed by atoms with Gasteiger partial charge in [-0.3, -0.25) is 9.69 Å². The molecule has 0 bridgehead atoms. The van der Waals surface area contributed by atoms with Gasteiger partial charge in [-0.05, 0) is 55.6 Å². The minimum absolute atomic E-state index is 0.0864. The smallest absolute Gasteiger partial charge is 0.238 e. The van der Waals surface area contributed by atoms with Crippen molar-refractivity contribution >= 4 is 27.5 Å². The Morgan fingerprint density at radius 1 is 1.40 bits per heavy atom. The van der Waals surface area contributed by atoms with E-state index in [2.05, 4.69) is 31.5 Å². The zero-order valence-corrected chi connectivity index (χ0v) is 13.2. The zero-order chi connectivity index (χ0) is 14.1. The van der Waals surface area contributed by atoms with Gasteiger partial charge < -0.3 is 10.6 Å². The third kappa shape index (κ3) is 3.05. The minimum Gasteiger partial charge on any atom is -0.325 e. The summed E-state index contributed by atoms with van der Waals surface area (Å²) in [7, 11) is 0. The van der Waals surface area contributed by atoms with Gasteiger partial charge in [0.25, 0.3) is 0 Å². The first-order valence-electron chi connectivity index (χ1n) is 7.11. The largest absolute Gasteiger partial charge is 0.325 e. The predicted octanol–water partition coefficient (Wildman–Crippen LogP) is 1.85. The number of hydrogen-bond acceptors (Lipinski definition) is 3. The van der Waals surface area contributed by atoms with E-state index < -0.39 is 0 Å². The number of benzene rings is 1. The fourth-order valence-electron chi connectivity index (χ4n) is 3.24. The maximum Gasteiger partial charge on any atom is 0.238 e. The van der Waals surface area contributed by atoms with E-state index in [0.717, 1.165) is 53.7 Å². The average molecular weight is 338 g/mol. The van der Waals surface area contributed by atoms with Crippen molar-refractivity contribution in [3.63, 3.8) is 0 Å². The van der Waals surface area contributed by atoms with Crippen LogP contribution in [0, 0.1) is 18.8 Å². The normalized spacial score (nSPS) is 25.7. The number of rotatable bonds is 3. The summed E-state index contributed by atoms with van der Waals surface area (Å²) >= 11 is 3.43. The Balaban J connectivity index is 1.55. The van der Waals surface area contributed by atoms with Gasteiger partial charge in [0.05, 0.1) is 6.54 Å². The van der Waals surface area contributed by atoms with Crippen LogP contribution in [0.15, 0.2) is 22.7 Å². The van der Waals surface area contributed by atoms with Crippen LogP contribution in [0.5, 0.6) is 0 Å². The molecule has 2 aliphatic rings. The van der Waals surface area contributed by atoms with Gasteiger partial charge in [-0.15, -0.1) is 0 Å². The Morgan fingerprint density at radius 3 is 2.75 bits per heavy atom. The Morgan fingerprint density at radius 2 is 2.10 bits per heavy atom. The maximum atomic E-state index is 12.1. The van der Waals surface area contributed by atoms with Crippen molar-refractivity contribution in [3.8, 4) is 0 Å². The molecule has 2 atom stereocenters. The summed E-state index contributed by atoms with van der Waals surface area (Å²) in [5.41, 5.74) is 1.98. The highest BCUT2D eigenvalue weighted by molar-refractivity contribution is 9.10. The SMILES string of the molecule is Cc1cc(Br)ccc1NC(=O)CN1CC2CNCC2C1. The number of fused-ring (bicyclic) bond motifs is 1. The second kappa shape index (κ2) is 5.84. The van der Waals surface area contributed by atoms with Gasteiger partial charge in [0, 0.05) is 23.2 Å². The topological polar surface area (TPSA) is 44.4 Å². The van der Waals surface area contributed by atoms with Crippen molar-refractivity contribution in [1.82, 2.24) is 10.2 Å². The van der Waals surface area contributed by atoms with E-state index in [1.807, 2.05) is 25.1 Å². The fourth-order valence-corrected chi connectivity index (χ4v) is 3.72. The lowest BCUT2D eigenvalue weighted by Crippen LogP contribution is -2.33. The van der Waals surface area contributed by atoms with E-state index in [1.165, 1.54) is 0 Å². The molecule has 108 valence electrons. The molecule has 0 saturated carbocycles.